The van der Waals surface area contributed by atoms with Crippen molar-refractivity contribution in [3.63, 3.8) is 0 Å². The van der Waals surface area contributed by atoms with Gasteiger partial charge >= 0.3 is 0 Å². The Hall–Kier alpha value is -3.00. The van der Waals surface area contributed by atoms with E-state index in [1.165, 1.54) is 0 Å². The zero-order chi connectivity index (χ0) is 14.7. The van der Waals surface area contributed by atoms with Gasteiger partial charge in [0.2, 0.25) is 0 Å². The molecule has 21 heavy (non-hydrogen) atoms. The molecule has 0 fully saturated rings. The van der Waals surface area contributed by atoms with Crippen molar-refractivity contribution in [2.24, 2.45) is 0 Å². The maximum Gasteiger partial charge on any atom is 0.156 e. The number of aromatic nitrogens is 5. The van der Waals surface area contributed by atoms with Crippen LogP contribution in [0.3, 0.4) is 0 Å². The topological polar surface area (TPSA) is 56.5 Å². The Balaban J connectivity index is 1.92. The van der Waals surface area contributed by atoms with Gasteiger partial charge in [0.25, 0.3) is 0 Å². The van der Waals surface area contributed by atoms with Crippen LogP contribution in [0.5, 0.6) is 0 Å². The predicted molar refractivity (Wildman–Crippen MR) is 78.8 cm³/mol. The van der Waals surface area contributed by atoms with Crippen LogP contribution in [0.1, 0.15) is 22.8 Å². The lowest BCUT2D eigenvalue weighted by Gasteiger charge is -2.00. The smallest absolute Gasteiger partial charge is 0.156 e. The molecule has 102 valence electrons. The molecule has 0 amide bonds. The number of rotatable bonds is 1. The third-order valence-corrected chi connectivity index (χ3v) is 2.91. The van der Waals surface area contributed by atoms with E-state index in [9.17, 15) is 0 Å². The highest BCUT2D eigenvalue weighted by Crippen LogP contribution is 2.08. The summed E-state index contributed by atoms with van der Waals surface area (Å²) in [5.74, 6) is 7.71. The minimum absolute atomic E-state index is 0.701. The van der Waals surface area contributed by atoms with Gasteiger partial charge in [0.15, 0.2) is 5.82 Å². The molecule has 0 radical (unpaired) electrons. The maximum absolute atomic E-state index is 4.43. The average molecular weight is 275 g/mol. The van der Waals surface area contributed by atoms with Crippen molar-refractivity contribution >= 4 is 0 Å². The molecular formula is C16H13N5. The van der Waals surface area contributed by atoms with Crippen LogP contribution >= 0.6 is 0 Å². The van der Waals surface area contributed by atoms with E-state index in [1.807, 2.05) is 36.7 Å². The third kappa shape index (κ3) is 2.95. The number of imidazole rings is 1. The minimum Gasteiger partial charge on any atom is -0.286 e. The quantitative estimate of drug-likeness (QED) is 0.638. The maximum atomic E-state index is 4.43. The summed E-state index contributed by atoms with van der Waals surface area (Å²) in [6.07, 6.45) is 8.60. The van der Waals surface area contributed by atoms with Gasteiger partial charge in [-0.3, -0.25) is 14.5 Å². The van der Waals surface area contributed by atoms with Crippen molar-refractivity contribution in [3.8, 4) is 17.7 Å². The molecule has 0 saturated heterocycles. The van der Waals surface area contributed by atoms with E-state index in [1.54, 1.807) is 24.8 Å². The van der Waals surface area contributed by atoms with Crippen molar-refractivity contribution < 1.29 is 0 Å². The molecule has 0 N–H and O–H groups in total. The number of pyridine rings is 1. The lowest BCUT2D eigenvalue weighted by molar-refractivity contribution is 0.918. The Labute approximate surface area is 122 Å². The normalized spacial score (nSPS) is 10.0. The summed E-state index contributed by atoms with van der Waals surface area (Å²) in [5, 5.41) is 0. The number of aryl methyl sites for hydroxylation is 2. The van der Waals surface area contributed by atoms with Gasteiger partial charge in [0, 0.05) is 36.0 Å². The molecule has 0 bridgehead atoms. The van der Waals surface area contributed by atoms with Crippen LogP contribution < -0.4 is 0 Å². The molecule has 5 nitrogen and oxygen atoms in total. The molecule has 3 aromatic rings. The summed E-state index contributed by atoms with van der Waals surface area (Å²) in [6, 6.07) is 3.83. The van der Waals surface area contributed by atoms with Gasteiger partial charge in [0.1, 0.15) is 11.5 Å². The second-order valence-corrected chi connectivity index (χ2v) is 4.54. The molecule has 3 heterocycles. The first-order valence-electron chi connectivity index (χ1n) is 6.49. The van der Waals surface area contributed by atoms with Gasteiger partial charge in [0.05, 0.1) is 6.20 Å². The van der Waals surface area contributed by atoms with Crippen LogP contribution in [0.4, 0.5) is 0 Å². The summed E-state index contributed by atoms with van der Waals surface area (Å²) in [4.78, 5) is 16.9. The molecule has 0 spiro atoms. The van der Waals surface area contributed by atoms with Crippen molar-refractivity contribution in [1.82, 2.24) is 24.5 Å². The zero-order valence-electron chi connectivity index (χ0n) is 11.8. The van der Waals surface area contributed by atoms with Gasteiger partial charge < -0.3 is 0 Å². The number of nitrogens with zero attached hydrogens (tertiary/aromatic N) is 5. The molecule has 0 aromatic carbocycles. The predicted octanol–water partition coefficient (Wildman–Crippen LogP) is 2.07. The summed E-state index contributed by atoms with van der Waals surface area (Å²) in [7, 11) is 0. The summed E-state index contributed by atoms with van der Waals surface area (Å²) in [5.41, 5.74) is 2.57. The first-order valence-corrected chi connectivity index (χ1v) is 6.49. The summed E-state index contributed by atoms with van der Waals surface area (Å²) < 4.78 is 1.87. The fourth-order valence-electron chi connectivity index (χ4n) is 1.94. The van der Waals surface area contributed by atoms with Crippen molar-refractivity contribution in [2.45, 2.75) is 13.8 Å². The van der Waals surface area contributed by atoms with E-state index in [0.717, 1.165) is 22.9 Å². The van der Waals surface area contributed by atoms with E-state index in [0.29, 0.717) is 5.69 Å². The largest absolute Gasteiger partial charge is 0.286 e. The molecule has 0 aliphatic heterocycles. The summed E-state index contributed by atoms with van der Waals surface area (Å²) >= 11 is 0. The molecular weight excluding hydrogens is 262 g/mol. The van der Waals surface area contributed by atoms with E-state index in [2.05, 4.69) is 31.8 Å². The van der Waals surface area contributed by atoms with E-state index < -0.39 is 0 Å². The number of hydrogen-bond donors (Lipinski definition) is 0. The standard InChI is InChI=1S/C16H13N5/c1-12-9-14(5-6-18-12)3-4-15-11-21(13(2)20-15)16-10-17-7-8-19-16/h5-11H,1-2H3. The van der Waals surface area contributed by atoms with Crippen LogP contribution in [-0.4, -0.2) is 24.5 Å². The highest BCUT2D eigenvalue weighted by atomic mass is 15.1. The van der Waals surface area contributed by atoms with Crippen LogP contribution in [0.25, 0.3) is 5.82 Å². The molecule has 3 aromatic heterocycles. The monoisotopic (exact) mass is 275 g/mol. The van der Waals surface area contributed by atoms with Gasteiger partial charge in [-0.2, -0.15) is 0 Å². The second-order valence-electron chi connectivity index (χ2n) is 4.54. The molecule has 0 atom stereocenters. The lowest BCUT2D eigenvalue weighted by Crippen LogP contribution is -1.98. The van der Waals surface area contributed by atoms with Crippen molar-refractivity contribution in [1.29, 1.82) is 0 Å². The SMILES string of the molecule is Cc1cc(C#Cc2cn(-c3cnccn3)c(C)n2)ccn1. The Morgan fingerprint density at radius 2 is 1.95 bits per heavy atom. The highest BCUT2D eigenvalue weighted by Gasteiger charge is 2.05. The third-order valence-electron chi connectivity index (χ3n) is 2.91. The first-order chi connectivity index (χ1) is 10.2. The number of hydrogen-bond acceptors (Lipinski definition) is 4. The Morgan fingerprint density at radius 1 is 1.05 bits per heavy atom. The Kier molecular flexibility index (Phi) is 3.44. The van der Waals surface area contributed by atoms with Crippen molar-refractivity contribution in [3.05, 3.63) is 65.9 Å². The molecule has 0 aliphatic carbocycles. The molecule has 0 saturated carbocycles. The Bertz CT molecular complexity index is 825. The fourth-order valence-corrected chi connectivity index (χ4v) is 1.94. The van der Waals surface area contributed by atoms with Gasteiger partial charge in [-0.05, 0) is 31.9 Å². The van der Waals surface area contributed by atoms with E-state index in [4.69, 9.17) is 0 Å². The van der Waals surface area contributed by atoms with Crippen molar-refractivity contribution in [2.75, 3.05) is 0 Å². The molecule has 3 rings (SSSR count). The first kappa shape index (κ1) is 13.0. The summed E-state index contributed by atoms with van der Waals surface area (Å²) in [6.45, 7) is 3.86. The fraction of sp³-hybridized carbons (Fsp3) is 0.125. The van der Waals surface area contributed by atoms with Crippen LogP contribution in [0.15, 0.2) is 43.1 Å². The highest BCUT2D eigenvalue weighted by molar-refractivity contribution is 5.40. The lowest BCUT2D eigenvalue weighted by atomic mass is 10.2. The van der Waals surface area contributed by atoms with E-state index in [-0.39, 0.29) is 0 Å². The van der Waals surface area contributed by atoms with E-state index >= 15 is 0 Å². The molecule has 0 aliphatic rings. The van der Waals surface area contributed by atoms with Gasteiger partial charge in [-0.25, -0.2) is 9.97 Å². The average Bonchev–Trinajstić information content (AvgIpc) is 2.87. The van der Waals surface area contributed by atoms with Crippen LogP contribution in [0, 0.1) is 25.7 Å². The minimum atomic E-state index is 0.701. The Morgan fingerprint density at radius 3 is 2.71 bits per heavy atom. The van der Waals surface area contributed by atoms with Crippen LogP contribution in [0.2, 0.25) is 0 Å². The second kappa shape index (κ2) is 5.55. The van der Waals surface area contributed by atoms with Gasteiger partial charge in [-0.15, -0.1) is 0 Å². The zero-order valence-corrected chi connectivity index (χ0v) is 11.8. The van der Waals surface area contributed by atoms with Crippen LogP contribution in [-0.2, 0) is 0 Å². The molecule has 5 heteroatoms. The van der Waals surface area contributed by atoms with Gasteiger partial charge in [-0.1, -0.05) is 5.92 Å². The molecule has 0 unspecified atom stereocenters.